The zero-order valence-corrected chi connectivity index (χ0v) is 18.7. The number of methoxy groups -OCH3 is 2. The topological polar surface area (TPSA) is 39.7 Å². The predicted octanol–water partition coefficient (Wildman–Crippen LogP) is 5.99. The molecular formula is C23H23BrClNO3. The molecule has 0 aliphatic carbocycles. The van der Waals surface area contributed by atoms with E-state index in [4.69, 9.17) is 25.8 Å². The zero-order valence-electron chi connectivity index (χ0n) is 16.4. The summed E-state index contributed by atoms with van der Waals surface area (Å²) in [6.45, 7) is 1.81. The van der Waals surface area contributed by atoms with Crippen LogP contribution in [0.5, 0.6) is 17.2 Å². The van der Waals surface area contributed by atoms with Crippen molar-refractivity contribution in [3.8, 4) is 17.2 Å². The van der Waals surface area contributed by atoms with Crippen LogP contribution in [0.2, 0.25) is 5.02 Å². The number of rotatable bonds is 9. The van der Waals surface area contributed by atoms with Gasteiger partial charge in [0.25, 0.3) is 0 Å². The van der Waals surface area contributed by atoms with Crippen molar-refractivity contribution in [2.45, 2.75) is 19.7 Å². The molecule has 0 heterocycles. The van der Waals surface area contributed by atoms with Gasteiger partial charge in [0.2, 0.25) is 0 Å². The van der Waals surface area contributed by atoms with Crippen LogP contribution in [0.25, 0.3) is 0 Å². The van der Waals surface area contributed by atoms with Crippen LogP contribution < -0.4 is 19.5 Å². The molecule has 0 atom stereocenters. The van der Waals surface area contributed by atoms with Gasteiger partial charge in [-0.2, -0.15) is 0 Å². The summed E-state index contributed by atoms with van der Waals surface area (Å²) in [6, 6.07) is 19.5. The lowest BCUT2D eigenvalue weighted by atomic mass is 10.1. The van der Waals surface area contributed by atoms with E-state index in [-0.39, 0.29) is 0 Å². The van der Waals surface area contributed by atoms with Gasteiger partial charge < -0.3 is 19.5 Å². The fourth-order valence-corrected chi connectivity index (χ4v) is 3.50. The molecule has 0 bridgehead atoms. The first kappa shape index (κ1) is 21.5. The Bertz CT molecular complexity index is 947. The van der Waals surface area contributed by atoms with Gasteiger partial charge >= 0.3 is 0 Å². The summed E-state index contributed by atoms with van der Waals surface area (Å²) in [7, 11) is 3.33. The first-order valence-electron chi connectivity index (χ1n) is 9.17. The van der Waals surface area contributed by atoms with Gasteiger partial charge in [-0.1, -0.05) is 57.9 Å². The smallest absolute Gasteiger partial charge is 0.162 e. The van der Waals surface area contributed by atoms with E-state index in [9.17, 15) is 0 Å². The normalized spacial score (nSPS) is 10.6. The van der Waals surface area contributed by atoms with E-state index in [1.807, 2.05) is 54.6 Å². The first-order chi connectivity index (χ1) is 14.1. The van der Waals surface area contributed by atoms with Gasteiger partial charge in [-0.25, -0.2) is 0 Å². The van der Waals surface area contributed by atoms with Crippen molar-refractivity contribution < 1.29 is 14.2 Å². The number of ether oxygens (including phenoxy) is 3. The maximum absolute atomic E-state index is 5.96. The average molecular weight is 477 g/mol. The summed E-state index contributed by atoms with van der Waals surface area (Å²) in [5.41, 5.74) is 3.23. The fourth-order valence-electron chi connectivity index (χ4n) is 2.91. The monoisotopic (exact) mass is 475 g/mol. The van der Waals surface area contributed by atoms with Crippen molar-refractivity contribution in [3.05, 3.63) is 86.8 Å². The Labute approximate surface area is 184 Å². The average Bonchev–Trinajstić information content (AvgIpc) is 2.75. The minimum atomic E-state index is 0.436. The van der Waals surface area contributed by atoms with Crippen LogP contribution in [-0.4, -0.2) is 14.2 Å². The number of hydrogen-bond donors (Lipinski definition) is 1. The summed E-state index contributed by atoms with van der Waals surface area (Å²) in [5.74, 6) is 2.25. The van der Waals surface area contributed by atoms with E-state index < -0.39 is 0 Å². The Balaban J connectivity index is 1.65. The molecule has 0 fully saturated rings. The third-order valence-electron chi connectivity index (χ3n) is 4.46. The number of benzene rings is 3. The molecule has 3 aromatic rings. The van der Waals surface area contributed by atoms with E-state index in [2.05, 4.69) is 27.3 Å². The molecule has 4 nitrogen and oxygen atoms in total. The Morgan fingerprint density at radius 3 is 2.24 bits per heavy atom. The number of para-hydroxylation sites is 1. The summed E-state index contributed by atoms with van der Waals surface area (Å²) in [4.78, 5) is 0. The van der Waals surface area contributed by atoms with Crippen molar-refractivity contribution in [3.63, 3.8) is 0 Å². The molecular weight excluding hydrogens is 454 g/mol. The highest BCUT2D eigenvalue weighted by atomic mass is 79.9. The van der Waals surface area contributed by atoms with Gasteiger partial charge in [0.05, 0.1) is 14.2 Å². The van der Waals surface area contributed by atoms with Gasteiger partial charge in [-0.3, -0.25) is 0 Å². The molecule has 0 unspecified atom stereocenters. The Morgan fingerprint density at radius 2 is 1.52 bits per heavy atom. The molecule has 0 spiro atoms. The lowest BCUT2D eigenvalue weighted by Crippen LogP contribution is -2.14. The highest BCUT2D eigenvalue weighted by Crippen LogP contribution is 2.34. The molecule has 0 saturated heterocycles. The van der Waals surface area contributed by atoms with E-state index >= 15 is 0 Å². The van der Waals surface area contributed by atoms with Crippen LogP contribution in [0.3, 0.4) is 0 Å². The second-order valence-corrected chi connectivity index (χ2v) is 7.72. The van der Waals surface area contributed by atoms with Crippen molar-refractivity contribution in [1.82, 2.24) is 5.32 Å². The van der Waals surface area contributed by atoms with Gasteiger partial charge in [0.15, 0.2) is 11.5 Å². The predicted molar refractivity (Wildman–Crippen MR) is 120 cm³/mol. The molecule has 1 N–H and O–H groups in total. The molecule has 152 valence electrons. The van der Waals surface area contributed by atoms with Crippen molar-refractivity contribution >= 4 is 27.5 Å². The second kappa shape index (κ2) is 10.5. The minimum Gasteiger partial charge on any atom is -0.496 e. The van der Waals surface area contributed by atoms with Gasteiger partial charge in [-0.15, -0.1) is 0 Å². The van der Waals surface area contributed by atoms with Crippen LogP contribution in [0, 0.1) is 0 Å². The molecule has 6 heteroatoms. The Morgan fingerprint density at radius 1 is 0.828 bits per heavy atom. The Kier molecular flexibility index (Phi) is 7.81. The fraction of sp³-hybridized carbons (Fsp3) is 0.217. The van der Waals surface area contributed by atoms with Crippen molar-refractivity contribution in [2.24, 2.45) is 0 Å². The molecule has 0 amide bonds. The molecule has 0 radical (unpaired) electrons. The van der Waals surface area contributed by atoms with E-state index in [1.165, 1.54) is 0 Å². The van der Waals surface area contributed by atoms with Crippen LogP contribution in [0.4, 0.5) is 0 Å². The van der Waals surface area contributed by atoms with E-state index in [1.54, 1.807) is 14.2 Å². The molecule has 0 aromatic heterocycles. The van der Waals surface area contributed by atoms with E-state index in [0.29, 0.717) is 36.2 Å². The third-order valence-corrected chi connectivity index (χ3v) is 5.45. The quantitative estimate of drug-likeness (QED) is 0.412. The summed E-state index contributed by atoms with van der Waals surface area (Å²) < 4.78 is 17.9. The van der Waals surface area contributed by atoms with Crippen LogP contribution in [0.15, 0.2) is 65.1 Å². The maximum atomic E-state index is 5.96. The molecule has 3 aromatic carbocycles. The first-order valence-corrected chi connectivity index (χ1v) is 10.3. The third kappa shape index (κ3) is 5.89. The number of halogens is 2. The number of nitrogens with one attached hydrogen (secondary N) is 1. The standard InChI is InChI=1S/C23H23BrClNO3/c1-27-21-6-4-3-5-17(21)13-26-14-18-11-22(28-2)23(12-20(18)24)29-15-16-7-9-19(25)10-8-16/h3-12,26H,13-15H2,1-2H3. The molecule has 0 aliphatic heterocycles. The molecule has 29 heavy (non-hydrogen) atoms. The largest absolute Gasteiger partial charge is 0.496 e. The van der Waals surface area contributed by atoms with Gasteiger partial charge in [0.1, 0.15) is 12.4 Å². The highest BCUT2D eigenvalue weighted by molar-refractivity contribution is 9.10. The number of hydrogen-bond acceptors (Lipinski definition) is 4. The van der Waals surface area contributed by atoms with E-state index in [0.717, 1.165) is 26.9 Å². The van der Waals surface area contributed by atoms with Crippen LogP contribution in [0.1, 0.15) is 16.7 Å². The van der Waals surface area contributed by atoms with Crippen molar-refractivity contribution in [2.75, 3.05) is 14.2 Å². The SMILES string of the molecule is COc1ccccc1CNCc1cc(OC)c(OCc2ccc(Cl)cc2)cc1Br. The lowest BCUT2D eigenvalue weighted by molar-refractivity contribution is 0.284. The summed E-state index contributed by atoms with van der Waals surface area (Å²) >= 11 is 9.58. The highest BCUT2D eigenvalue weighted by Gasteiger charge is 2.11. The zero-order chi connectivity index (χ0) is 20.6. The van der Waals surface area contributed by atoms with Crippen LogP contribution >= 0.6 is 27.5 Å². The Hall–Kier alpha value is -2.21. The summed E-state index contributed by atoms with van der Waals surface area (Å²) in [5, 5.41) is 4.16. The molecule has 0 saturated carbocycles. The molecule has 0 aliphatic rings. The molecule has 3 rings (SSSR count). The maximum Gasteiger partial charge on any atom is 0.162 e. The lowest BCUT2D eigenvalue weighted by Gasteiger charge is -2.15. The van der Waals surface area contributed by atoms with Crippen molar-refractivity contribution in [1.29, 1.82) is 0 Å². The minimum absolute atomic E-state index is 0.436. The summed E-state index contributed by atoms with van der Waals surface area (Å²) in [6.07, 6.45) is 0. The van der Waals surface area contributed by atoms with Crippen LogP contribution in [-0.2, 0) is 19.7 Å². The second-order valence-electron chi connectivity index (χ2n) is 6.43. The van der Waals surface area contributed by atoms with Gasteiger partial charge in [0, 0.05) is 28.1 Å². The van der Waals surface area contributed by atoms with Gasteiger partial charge in [-0.05, 0) is 41.5 Å².